The summed E-state index contributed by atoms with van der Waals surface area (Å²) in [6.45, 7) is 8.46. The Bertz CT molecular complexity index is 1350. The Morgan fingerprint density at radius 2 is 1.82 bits per heavy atom. The van der Waals surface area contributed by atoms with E-state index in [1.807, 2.05) is 6.08 Å². The van der Waals surface area contributed by atoms with Crippen LogP contribution in [-0.2, 0) is 11.2 Å². The van der Waals surface area contributed by atoms with Crippen molar-refractivity contribution in [2.45, 2.75) is 34.1 Å². The molecule has 0 atom stereocenters. The van der Waals surface area contributed by atoms with Crippen molar-refractivity contribution in [2.75, 3.05) is 7.05 Å². The Labute approximate surface area is 203 Å². The number of benzene rings is 2. The number of thioether (sulfide) groups is 1. The fourth-order valence-electron chi connectivity index (χ4n) is 4.18. The Morgan fingerprint density at radius 3 is 2.47 bits per heavy atom. The molecular formula is C27H27N3O3S. The van der Waals surface area contributed by atoms with Gasteiger partial charge in [0.25, 0.3) is 5.91 Å². The number of aromatic nitrogens is 1. The Hall–Kier alpha value is -3.58. The fourth-order valence-corrected chi connectivity index (χ4v) is 5.16. The number of carbonyl (C=O) groups is 2. The highest BCUT2D eigenvalue weighted by Gasteiger charge is 2.31. The van der Waals surface area contributed by atoms with E-state index in [4.69, 9.17) is 5.11 Å². The first kappa shape index (κ1) is 23.6. The lowest BCUT2D eigenvalue weighted by atomic mass is 10.1. The highest BCUT2D eigenvalue weighted by Crippen LogP contribution is 2.35. The standard InChI is InChI=1S/C27H27N3O3S/c1-6-19-9-7-8-16(2)24(19)30-17(3)14-21(18(30)4)15-23-25(31)29(5)27(34-23)28-22-12-10-20(11-13-22)26(32)33/h7-15H,6H2,1-5H3,(H,32,33)/b23-15-,28-27?. The van der Waals surface area contributed by atoms with E-state index >= 15 is 0 Å². The molecule has 0 unspecified atom stereocenters. The molecule has 34 heavy (non-hydrogen) atoms. The summed E-state index contributed by atoms with van der Waals surface area (Å²) in [5, 5.41) is 9.63. The molecule has 0 saturated carbocycles. The molecule has 2 aromatic carbocycles. The van der Waals surface area contributed by atoms with Gasteiger partial charge in [-0.25, -0.2) is 9.79 Å². The van der Waals surface area contributed by atoms with Crippen LogP contribution in [0.4, 0.5) is 5.69 Å². The number of rotatable bonds is 5. The summed E-state index contributed by atoms with van der Waals surface area (Å²) >= 11 is 1.32. The normalized spacial score (nSPS) is 16.1. The van der Waals surface area contributed by atoms with E-state index < -0.39 is 5.97 Å². The third kappa shape index (κ3) is 4.31. The van der Waals surface area contributed by atoms with Gasteiger partial charge >= 0.3 is 5.97 Å². The number of aromatic carboxylic acids is 1. The van der Waals surface area contributed by atoms with Gasteiger partial charge in [-0.15, -0.1) is 0 Å². The molecule has 4 rings (SSSR count). The first-order chi connectivity index (χ1) is 16.2. The Kier molecular flexibility index (Phi) is 6.48. The van der Waals surface area contributed by atoms with Crippen molar-refractivity contribution in [2.24, 2.45) is 4.99 Å². The van der Waals surface area contributed by atoms with Crippen LogP contribution in [0, 0.1) is 20.8 Å². The largest absolute Gasteiger partial charge is 0.478 e. The quantitative estimate of drug-likeness (QED) is 0.469. The first-order valence-electron chi connectivity index (χ1n) is 11.1. The molecule has 0 radical (unpaired) electrons. The monoisotopic (exact) mass is 473 g/mol. The summed E-state index contributed by atoms with van der Waals surface area (Å²) in [5.41, 5.74) is 7.70. The minimum atomic E-state index is -0.985. The number of aliphatic imine (C=N–C) groups is 1. The second kappa shape index (κ2) is 9.35. The van der Waals surface area contributed by atoms with E-state index in [0.29, 0.717) is 15.8 Å². The van der Waals surface area contributed by atoms with Crippen molar-refractivity contribution in [1.82, 2.24) is 9.47 Å². The van der Waals surface area contributed by atoms with Crippen molar-refractivity contribution in [3.8, 4) is 5.69 Å². The molecule has 0 spiro atoms. The van der Waals surface area contributed by atoms with Gasteiger partial charge < -0.3 is 9.67 Å². The number of likely N-dealkylation sites (N-methyl/N-ethyl adjacent to an activating group) is 1. The van der Waals surface area contributed by atoms with Gasteiger partial charge in [-0.1, -0.05) is 25.1 Å². The highest BCUT2D eigenvalue weighted by molar-refractivity contribution is 8.18. The molecule has 174 valence electrons. The van der Waals surface area contributed by atoms with Crippen molar-refractivity contribution in [3.63, 3.8) is 0 Å². The lowest BCUT2D eigenvalue weighted by molar-refractivity contribution is -0.121. The number of para-hydroxylation sites is 1. The van der Waals surface area contributed by atoms with Crippen LogP contribution in [0.3, 0.4) is 0 Å². The van der Waals surface area contributed by atoms with Gasteiger partial charge in [-0.2, -0.15) is 0 Å². The molecular weight excluding hydrogens is 446 g/mol. The van der Waals surface area contributed by atoms with Crippen molar-refractivity contribution >= 4 is 40.6 Å². The second-order valence-electron chi connectivity index (χ2n) is 8.32. The van der Waals surface area contributed by atoms with Gasteiger partial charge in [0.1, 0.15) is 0 Å². The average molecular weight is 474 g/mol. The van der Waals surface area contributed by atoms with E-state index in [2.05, 4.69) is 61.5 Å². The summed E-state index contributed by atoms with van der Waals surface area (Å²) in [6.07, 6.45) is 2.87. The van der Waals surface area contributed by atoms with Gasteiger partial charge in [0.15, 0.2) is 5.17 Å². The molecule has 0 bridgehead atoms. The molecule has 7 heteroatoms. The minimum Gasteiger partial charge on any atom is -0.478 e. The molecule has 1 aromatic heterocycles. The minimum absolute atomic E-state index is 0.110. The molecule has 3 aromatic rings. The predicted molar refractivity (Wildman–Crippen MR) is 138 cm³/mol. The molecule has 1 fully saturated rings. The first-order valence-corrected chi connectivity index (χ1v) is 11.9. The molecule has 1 saturated heterocycles. The topological polar surface area (TPSA) is 74.9 Å². The highest BCUT2D eigenvalue weighted by atomic mass is 32.2. The number of hydrogen-bond donors (Lipinski definition) is 1. The van der Waals surface area contributed by atoms with Crippen LogP contribution in [0.2, 0.25) is 0 Å². The van der Waals surface area contributed by atoms with Crippen LogP contribution in [0.15, 0.2) is 58.4 Å². The summed E-state index contributed by atoms with van der Waals surface area (Å²) in [5.74, 6) is -1.10. The predicted octanol–water partition coefficient (Wildman–Crippen LogP) is 5.90. The van der Waals surface area contributed by atoms with Crippen LogP contribution in [0.25, 0.3) is 11.8 Å². The maximum Gasteiger partial charge on any atom is 0.335 e. The van der Waals surface area contributed by atoms with E-state index in [0.717, 1.165) is 23.4 Å². The zero-order valence-electron chi connectivity index (χ0n) is 19.9. The average Bonchev–Trinajstić information content (AvgIpc) is 3.23. The van der Waals surface area contributed by atoms with E-state index in [1.165, 1.54) is 45.6 Å². The lowest BCUT2D eigenvalue weighted by Crippen LogP contribution is -2.23. The van der Waals surface area contributed by atoms with Crippen molar-refractivity contribution in [3.05, 3.63) is 87.1 Å². The third-order valence-electron chi connectivity index (χ3n) is 6.03. The third-order valence-corrected chi connectivity index (χ3v) is 7.09. The fraction of sp³-hybridized carbons (Fsp3) is 0.222. The number of hydrogen-bond acceptors (Lipinski definition) is 4. The Balaban J connectivity index is 1.69. The summed E-state index contributed by atoms with van der Waals surface area (Å²) in [7, 11) is 1.70. The van der Waals surface area contributed by atoms with Crippen molar-refractivity contribution in [1.29, 1.82) is 0 Å². The molecule has 1 aliphatic rings. The number of aryl methyl sites for hydroxylation is 3. The van der Waals surface area contributed by atoms with Crippen LogP contribution in [0.1, 0.15) is 45.4 Å². The molecule has 1 aliphatic heterocycles. The number of nitrogens with zero attached hydrogens (tertiary/aromatic N) is 3. The Morgan fingerprint density at radius 1 is 1.12 bits per heavy atom. The summed E-state index contributed by atoms with van der Waals surface area (Å²) < 4.78 is 2.27. The number of carboxylic acids is 1. The summed E-state index contributed by atoms with van der Waals surface area (Å²) in [6, 6.07) is 14.8. The smallest absolute Gasteiger partial charge is 0.335 e. The lowest BCUT2D eigenvalue weighted by Gasteiger charge is -2.17. The number of carbonyl (C=O) groups excluding carboxylic acids is 1. The number of carboxylic acid groups (broad SMARTS) is 1. The van der Waals surface area contributed by atoms with Crippen molar-refractivity contribution < 1.29 is 14.7 Å². The van der Waals surface area contributed by atoms with Gasteiger partial charge in [0.05, 0.1) is 21.8 Å². The molecule has 1 N–H and O–H groups in total. The van der Waals surface area contributed by atoms with Crippen LogP contribution in [0.5, 0.6) is 0 Å². The maximum atomic E-state index is 13.0. The second-order valence-corrected chi connectivity index (χ2v) is 9.33. The molecule has 6 nitrogen and oxygen atoms in total. The van der Waals surface area contributed by atoms with Gasteiger partial charge in [-0.05, 0) is 92.1 Å². The molecule has 0 aliphatic carbocycles. The van der Waals surface area contributed by atoms with Crippen LogP contribution in [-0.4, -0.2) is 38.7 Å². The number of amidine groups is 1. The van der Waals surface area contributed by atoms with E-state index in [1.54, 1.807) is 19.2 Å². The van der Waals surface area contributed by atoms with Crippen LogP contribution >= 0.6 is 11.8 Å². The zero-order valence-corrected chi connectivity index (χ0v) is 20.7. The number of amides is 1. The van der Waals surface area contributed by atoms with E-state index in [9.17, 15) is 9.59 Å². The summed E-state index contributed by atoms with van der Waals surface area (Å²) in [4.78, 5) is 30.7. The van der Waals surface area contributed by atoms with Gasteiger partial charge in [0.2, 0.25) is 0 Å². The van der Waals surface area contributed by atoms with Crippen LogP contribution < -0.4 is 0 Å². The SMILES string of the molecule is CCc1cccc(C)c1-n1c(C)cc(/C=C2\SC(=Nc3ccc(C(=O)O)cc3)N(C)C2=O)c1C. The maximum absolute atomic E-state index is 13.0. The molecule has 1 amide bonds. The van der Waals surface area contributed by atoms with E-state index in [-0.39, 0.29) is 11.5 Å². The van der Waals surface area contributed by atoms with Gasteiger partial charge in [0, 0.05) is 18.4 Å². The van der Waals surface area contributed by atoms with Gasteiger partial charge in [-0.3, -0.25) is 9.69 Å². The zero-order chi connectivity index (χ0) is 24.6. The molecule has 2 heterocycles.